The molecular formula is C31H45N5O5. The zero-order chi connectivity index (χ0) is 29.7. The lowest BCUT2D eigenvalue weighted by atomic mass is 9.97. The predicted octanol–water partition coefficient (Wildman–Crippen LogP) is 2.36. The first-order valence-electron chi connectivity index (χ1n) is 15.1. The zero-order valence-electron chi connectivity index (χ0n) is 24.9. The Morgan fingerprint density at radius 2 is 1.68 bits per heavy atom. The summed E-state index contributed by atoms with van der Waals surface area (Å²) in [7, 11) is 0. The first-order valence-corrected chi connectivity index (χ1v) is 15.1. The highest BCUT2D eigenvalue weighted by molar-refractivity contribution is 5.99. The molecule has 1 aromatic carbocycles. The minimum atomic E-state index is -0.688. The summed E-state index contributed by atoms with van der Waals surface area (Å²) in [6.45, 7) is 10.2. The Labute approximate surface area is 243 Å². The van der Waals surface area contributed by atoms with E-state index in [0.29, 0.717) is 37.9 Å². The second-order valence-electron chi connectivity index (χ2n) is 12.0. The van der Waals surface area contributed by atoms with Crippen molar-refractivity contribution in [3.63, 3.8) is 0 Å². The molecule has 0 bridgehead atoms. The number of nitrogens with one attached hydrogen (secondary N) is 2. The lowest BCUT2D eigenvalue weighted by Crippen LogP contribution is -2.53. The Hall–Kier alpha value is -3.43. The van der Waals surface area contributed by atoms with Crippen LogP contribution in [0.15, 0.2) is 24.3 Å². The number of ketones is 1. The van der Waals surface area contributed by atoms with E-state index in [-0.39, 0.29) is 60.3 Å². The molecule has 4 amide bonds. The van der Waals surface area contributed by atoms with Crippen LogP contribution in [-0.4, -0.2) is 90.1 Å². The molecule has 0 spiro atoms. The van der Waals surface area contributed by atoms with E-state index in [4.69, 9.17) is 0 Å². The van der Waals surface area contributed by atoms with Crippen molar-refractivity contribution in [2.45, 2.75) is 84.3 Å². The number of anilines is 1. The van der Waals surface area contributed by atoms with Gasteiger partial charge in [0.25, 0.3) is 5.91 Å². The number of fused-ring (bicyclic) bond motifs is 1. The summed E-state index contributed by atoms with van der Waals surface area (Å²) in [5, 5.41) is 5.72. The minimum Gasteiger partial charge on any atom is -0.372 e. The van der Waals surface area contributed by atoms with Gasteiger partial charge in [-0.3, -0.25) is 24.0 Å². The van der Waals surface area contributed by atoms with Crippen molar-refractivity contribution in [3.05, 3.63) is 29.8 Å². The first-order chi connectivity index (χ1) is 19.6. The second kappa shape index (κ2) is 13.5. The average Bonchev–Trinajstić information content (AvgIpc) is 3.70. The molecule has 5 atom stereocenters. The summed E-state index contributed by atoms with van der Waals surface area (Å²) < 4.78 is 0. The van der Waals surface area contributed by atoms with E-state index in [1.807, 2.05) is 45.0 Å². The molecule has 3 aliphatic rings. The fourth-order valence-electron chi connectivity index (χ4n) is 6.32. The third-order valence-corrected chi connectivity index (χ3v) is 8.91. The predicted molar refractivity (Wildman–Crippen MR) is 156 cm³/mol. The van der Waals surface area contributed by atoms with Gasteiger partial charge in [0.1, 0.15) is 12.1 Å². The molecule has 5 unspecified atom stereocenters. The van der Waals surface area contributed by atoms with Crippen LogP contribution in [-0.2, 0) is 19.2 Å². The van der Waals surface area contributed by atoms with E-state index in [1.165, 1.54) is 19.8 Å². The van der Waals surface area contributed by atoms with Crippen molar-refractivity contribution in [1.29, 1.82) is 0 Å². The highest BCUT2D eigenvalue weighted by Crippen LogP contribution is 2.32. The van der Waals surface area contributed by atoms with Gasteiger partial charge < -0.3 is 25.3 Å². The van der Waals surface area contributed by atoms with Crippen LogP contribution in [0.25, 0.3) is 0 Å². The third kappa shape index (κ3) is 7.08. The molecule has 0 aromatic heterocycles. The molecule has 10 nitrogen and oxygen atoms in total. The standard InChI is InChI=1S/C31H45N5O5/c1-5-21(3)28(33-22(4)37)31(41)36-19-26(38)29-25(36)13-17-35(29)27(39)18-20(2)12-14-32-30(40)23-8-10-24(11-9-23)34-15-6-7-16-34/h8-11,20-21,25,28-29H,5-7,12-19H2,1-4H3,(H,32,40)(H,33,37). The number of Topliss-reactive ketones (excluding diaryl/α,β-unsaturated/α-hetero) is 1. The lowest BCUT2D eigenvalue weighted by molar-refractivity contribution is -0.139. The molecular weight excluding hydrogens is 522 g/mol. The summed E-state index contributed by atoms with van der Waals surface area (Å²) in [6, 6.07) is 6.03. The second-order valence-corrected chi connectivity index (χ2v) is 12.0. The van der Waals surface area contributed by atoms with Crippen LogP contribution in [0.2, 0.25) is 0 Å². The Bertz CT molecular complexity index is 1130. The van der Waals surface area contributed by atoms with E-state index in [2.05, 4.69) is 15.5 Å². The Kier molecular flexibility index (Phi) is 10.0. The maximum atomic E-state index is 13.4. The molecule has 10 heteroatoms. The molecule has 224 valence electrons. The van der Waals surface area contributed by atoms with Crippen molar-refractivity contribution in [3.8, 4) is 0 Å². The number of amides is 4. The number of carbonyl (C=O) groups is 5. The number of carbonyl (C=O) groups excluding carboxylic acids is 5. The van der Waals surface area contributed by atoms with Crippen molar-refractivity contribution in [2.75, 3.05) is 37.6 Å². The number of hydrogen-bond acceptors (Lipinski definition) is 6. The Morgan fingerprint density at radius 1 is 1.00 bits per heavy atom. The summed E-state index contributed by atoms with van der Waals surface area (Å²) in [5.74, 6) is -0.949. The lowest BCUT2D eigenvalue weighted by Gasteiger charge is -2.30. The summed E-state index contributed by atoms with van der Waals surface area (Å²) in [5.41, 5.74) is 1.76. The van der Waals surface area contributed by atoms with E-state index < -0.39 is 12.1 Å². The van der Waals surface area contributed by atoms with E-state index in [9.17, 15) is 24.0 Å². The van der Waals surface area contributed by atoms with Gasteiger partial charge in [0.2, 0.25) is 17.7 Å². The first kappa shape index (κ1) is 30.5. The van der Waals surface area contributed by atoms with E-state index >= 15 is 0 Å². The molecule has 0 radical (unpaired) electrons. The van der Waals surface area contributed by atoms with Crippen molar-refractivity contribution in [1.82, 2.24) is 20.4 Å². The van der Waals surface area contributed by atoms with Crippen LogP contribution >= 0.6 is 0 Å². The molecule has 1 aromatic rings. The van der Waals surface area contributed by atoms with E-state index in [0.717, 1.165) is 18.8 Å². The summed E-state index contributed by atoms with van der Waals surface area (Å²) in [4.78, 5) is 69.5. The minimum absolute atomic E-state index is 0.0168. The fourth-order valence-corrected chi connectivity index (χ4v) is 6.32. The SMILES string of the molecule is CCC(C)C(NC(C)=O)C(=O)N1CC(=O)C2C1CCN2C(=O)CC(C)CCNC(=O)c1ccc(N2CCCC2)cc1. The number of benzene rings is 1. The number of nitrogens with zero attached hydrogens (tertiary/aromatic N) is 3. The molecule has 4 rings (SSSR count). The highest BCUT2D eigenvalue weighted by Gasteiger charge is 2.52. The fraction of sp³-hybridized carbons (Fsp3) is 0.645. The maximum Gasteiger partial charge on any atom is 0.251 e. The van der Waals surface area contributed by atoms with Gasteiger partial charge in [-0.25, -0.2) is 0 Å². The van der Waals surface area contributed by atoms with Gasteiger partial charge in [0.05, 0.1) is 12.6 Å². The van der Waals surface area contributed by atoms with Gasteiger partial charge >= 0.3 is 0 Å². The van der Waals surface area contributed by atoms with Crippen LogP contribution in [0, 0.1) is 11.8 Å². The summed E-state index contributed by atoms with van der Waals surface area (Å²) in [6.07, 6.45) is 4.57. The third-order valence-electron chi connectivity index (χ3n) is 8.91. The van der Waals surface area contributed by atoms with Crippen molar-refractivity contribution >= 4 is 35.1 Å². The van der Waals surface area contributed by atoms with Crippen LogP contribution in [0.5, 0.6) is 0 Å². The monoisotopic (exact) mass is 567 g/mol. The summed E-state index contributed by atoms with van der Waals surface area (Å²) >= 11 is 0. The van der Waals surface area contributed by atoms with Gasteiger partial charge in [0.15, 0.2) is 5.78 Å². The quantitative estimate of drug-likeness (QED) is 0.424. The topological polar surface area (TPSA) is 119 Å². The molecule has 0 aliphatic carbocycles. The maximum absolute atomic E-state index is 13.4. The molecule has 3 fully saturated rings. The van der Waals surface area contributed by atoms with Crippen LogP contribution < -0.4 is 15.5 Å². The van der Waals surface area contributed by atoms with Crippen LogP contribution in [0.3, 0.4) is 0 Å². The smallest absolute Gasteiger partial charge is 0.251 e. The van der Waals surface area contributed by atoms with Crippen LogP contribution in [0.1, 0.15) is 76.6 Å². The Morgan fingerprint density at radius 3 is 2.32 bits per heavy atom. The van der Waals surface area contributed by atoms with Gasteiger partial charge in [-0.15, -0.1) is 0 Å². The Balaban J connectivity index is 1.26. The normalized spacial score (nSPS) is 22.3. The number of hydrogen-bond donors (Lipinski definition) is 2. The molecule has 0 saturated carbocycles. The van der Waals surface area contributed by atoms with Gasteiger partial charge in [0, 0.05) is 50.8 Å². The van der Waals surface area contributed by atoms with Crippen molar-refractivity contribution < 1.29 is 24.0 Å². The zero-order valence-corrected chi connectivity index (χ0v) is 24.9. The van der Waals surface area contributed by atoms with Crippen LogP contribution in [0.4, 0.5) is 5.69 Å². The largest absolute Gasteiger partial charge is 0.372 e. The number of likely N-dealkylation sites (tertiary alicyclic amines) is 2. The van der Waals surface area contributed by atoms with E-state index in [1.54, 1.807) is 9.80 Å². The van der Waals surface area contributed by atoms with Gasteiger partial charge in [-0.2, -0.15) is 0 Å². The number of rotatable bonds is 11. The molecule has 3 heterocycles. The average molecular weight is 568 g/mol. The molecule has 41 heavy (non-hydrogen) atoms. The molecule has 2 N–H and O–H groups in total. The van der Waals surface area contributed by atoms with Gasteiger partial charge in [-0.05, 0) is 61.8 Å². The highest BCUT2D eigenvalue weighted by atomic mass is 16.2. The molecule has 3 aliphatic heterocycles. The van der Waals surface area contributed by atoms with Gasteiger partial charge in [-0.1, -0.05) is 27.2 Å². The molecule has 3 saturated heterocycles. The van der Waals surface area contributed by atoms with Crippen molar-refractivity contribution in [2.24, 2.45) is 11.8 Å².